The predicted octanol–water partition coefficient (Wildman–Crippen LogP) is 2.12. The summed E-state index contributed by atoms with van der Waals surface area (Å²) in [5, 5.41) is 6.82. The minimum absolute atomic E-state index is 0.884. The maximum atomic E-state index is 5.38. The molecule has 0 aliphatic carbocycles. The molecule has 2 N–H and O–H groups in total. The number of aliphatic imine (C=N–C) groups is 1. The first kappa shape index (κ1) is 19.7. The number of nitrogens with zero attached hydrogens (tertiary/aromatic N) is 2. The highest BCUT2D eigenvalue weighted by Crippen LogP contribution is 2.08. The van der Waals surface area contributed by atoms with Crippen molar-refractivity contribution in [1.82, 2.24) is 15.5 Å². The van der Waals surface area contributed by atoms with Crippen LogP contribution in [0.25, 0.3) is 0 Å². The molecule has 1 heterocycles. The maximum Gasteiger partial charge on any atom is 0.190 e. The van der Waals surface area contributed by atoms with Crippen molar-refractivity contribution in [3.8, 4) is 0 Å². The summed E-state index contributed by atoms with van der Waals surface area (Å²) in [7, 11) is 1.83. The summed E-state index contributed by atoms with van der Waals surface area (Å²) in [6.45, 7) is 11.3. The van der Waals surface area contributed by atoms with Crippen molar-refractivity contribution in [2.45, 2.75) is 33.1 Å². The molecule has 0 unspecified atom stereocenters. The zero-order valence-corrected chi connectivity index (χ0v) is 16.1. The van der Waals surface area contributed by atoms with E-state index in [-0.39, 0.29) is 0 Å². The first-order valence-electron chi connectivity index (χ1n) is 9.49. The highest BCUT2D eigenvalue weighted by Gasteiger charge is 2.09. The third-order valence-electron chi connectivity index (χ3n) is 4.51. The first-order valence-corrected chi connectivity index (χ1v) is 9.49. The molecule has 0 atom stereocenters. The van der Waals surface area contributed by atoms with Gasteiger partial charge in [-0.3, -0.25) is 9.89 Å². The van der Waals surface area contributed by atoms with Crippen molar-refractivity contribution in [3.05, 3.63) is 34.9 Å². The topological polar surface area (TPSA) is 48.9 Å². The van der Waals surface area contributed by atoms with E-state index in [4.69, 9.17) is 4.74 Å². The SMILES string of the molecule is CN=C(NCCCCN1CCOCC1)NCCc1cc(C)cc(C)c1. The number of hydrogen-bond acceptors (Lipinski definition) is 3. The van der Waals surface area contributed by atoms with Crippen LogP contribution in [-0.4, -0.2) is 63.8 Å². The lowest BCUT2D eigenvalue weighted by Crippen LogP contribution is -2.39. The van der Waals surface area contributed by atoms with Crippen LogP contribution in [0.1, 0.15) is 29.5 Å². The molecule has 1 aromatic carbocycles. The van der Waals surface area contributed by atoms with Gasteiger partial charge in [-0.1, -0.05) is 29.3 Å². The highest BCUT2D eigenvalue weighted by atomic mass is 16.5. The van der Waals surface area contributed by atoms with Crippen LogP contribution in [0.2, 0.25) is 0 Å². The fraction of sp³-hybridized carbons (Fsp3) is 0.650. The first-order chi connectivity index (χ1) is 12.2. The van der Waals surface area contributed by atoms with E-state index < -0.39 is 0 Å². The van der Waals surface area contributed by atoms with Crippen LogP contribution in [0.15, 0.2) is 23.2 Å². The lowest BCUT2D eigenvalue weighted by molar-refractivity contribution is 0.0372. The molecular formula is C20H34N4O. The summed E-state index contributed by atoms with van der Waals surface area (Å²) in [6.07, 6.45) is 3.39. The predicted molar refractivity (Wildman–Crippen MR) is 105 cm³/mol. The van der Waals surface area contributed by atoms with Gasteiger partial charge in [0.05, 0.1) is 13.2 Å². The third kappa shape index (κ3) is 7.88. The monoisotopic (exact) mass is 346 g/mol. The largest absolute Gasteiger partial charge is 0.379 e. The quantitative estimate of drug-likeness (QED) is 0.430. The summed E-state index contributed by atoms with van der Waals surface area (Å²) in [5.74, 6) is 0.899. The fourth-order valence-corrected chi connectivity index (χ4v) is 3.25. The smallest absolute Gasteiger partial charge is 0.190 e. The van der Waals surface area contributed by atoms with Crippen LogP contribution in [0, 0.1) is 13.8 Å². The molecule has 0 spiro atoms. The maximum absolute atomic E-state index is 5.38. The van der Waals surface area contributed by atoms with Gasteiger partial charge in [0.1, 0.15) is 0 Å². The zero-order valence-electron chi connectivity index (χ0n) is 16.1. The molecule has 25 heavy (non-hydrogen) atoms. The van der Waals surface area contributed by atoms with Crippen molar-refractivity contribution in [3.63, 3.8) is 0 Å². The molecular weight excluding hydrogens is 312 g/mol. The molecule has 0 bridgehead atoms. The van der Waals surface area contributed by atoms with E-state index in [9.17, 15) is 0 Å². The molecule has 2 rings (SSSR count). The van der Waals surface area contributed by atoms with Gasteiger partial charge in [0.15, 0.2) is 5.96 Å². The average Bonchev–Trinajstić information content (AvgIpc) is 2.60. The molecule has 5 nitrogen and oxygen atoms in total. The van der Waals surface area contributed by atoms with Crippen molar-refractivity contribution in [1.29, 1.82) is 0 Å². The summed E-state index contributed by atoms with van der Waals surface area (Å²) < 4.78 is 5.38. The van der Waals surface area contributed by atoms with Crippen LogP contribution in [-0.2, 0) is 11.2 Å². The number of nitrogens with one attached hydrogen (secondary N) is 2. The summed E-state index contributed by atoms with van der Waals surface area (Å²) in [5.41, 5.74) is 4.04. The third-order valence-corrected chi connectivity index (χ3v) is 4.51. The summed E-state index contributed by atoms with van der Waals surface area (Å²) in [6, 6.07) is 6.74. The Balaban J connectivity index is 1.57. The minimum Gasteiger partial charge on any atom is -0.379 e. The molecule has 0 radical (unpaired) electrons. The molecule has 1 aliphatic heterocycles. The molecule has 1 aromatic rings. The second-order valence-electron chi connectivity index (χ2n) is 6.83. The van der Waals surface area contributed by atoms with E-state index >= 15 is 0 Å². The minimum atomic E-state index is 0.884. The van der Waals surface area contributed by atoms with E-state index in [1.807, 2.05) is 7.05 Å². The lowest BCUT2D eigenvalue weighted by Gasteiger charge is -2.26. The number of hydrogen-bond donors (Lipinski definition) is 2. The molecule has 1 aliphatic rings. The van der Waals surface area contributed by atoms with Crippen molar-refractivity contribution >= 4 is 5.96 Å². The van der Waals surface area contributed by atoms with Gasteiger partial charge in [-0.15, -0.1) is 0 Å². The van der Waals surface area contributed by atoms with Crippen LogP contribution >= 0.6 is 0 Å². The van der Waals surface area contributed by atoms with Gasteiger partial charge in [0, 0.05) is 33.2 Å². The molecule has 1 saturated heterocycles. The number of unbranched alkanes of at least 4 members (excludes halogenated alkanes) is 1. The van der Waals surface area contributed by atoms with Gasteiger partial charge < -0.3 is 15.4 Å². The number of benzene rings is 1. The van der Waals surface area contributed by atoms with Crippen molar-refractivity contribution < 1.29 is 4.74 Å². The van der Waals surface area contributed by atoms with Gasteiger partial charge in [-0.25, -0.2) is 0 Å². The molecule has 0 aromatic heterocycles. The van der Waals surface area contributed by atoms with Gasteiger partial charge in [0.2, 0.25) is 0 Å². The molecule has 140 valence electrons. The zero-order chi connectivity index (χ0) is 17.9. The number of guanidine groups is 1. The van der Waals surface area contributed by atoms with Gasteiger partial charge in [-0.05, 0) is 45.2 Å². The summed E-state index contributed by atoms with van der Waals surface area (Å²) in [4.78, 5) is 6.80. The Morgan fingerprint density at radius 1 is 1.04 bits per heavy atom. The van der Waals surface area contributed by atoms with Gasteiger partial charge >= 0.3 is 0 Å². The molecule has 0 amide bonds. The van der Waals surface area contributed by atoms with Crippen molar-refractivity contribution in [2.75, 3.05) is 53.0 Å². The van der Waals surface area contributed by atoms with E-state index in [1.165, 1.54) is 29.7 Å². The average molecular weight is 347 g/mol. The Hall–Kier alpha value is -1.59. The van der Waals surface area contributed by atoms with Crippen LogP contribution in [0.3, 0.4) is 0 Å². The van der Waals surface area contributed by atoms with Crippen molar-refractivity contribution in [2.24, 2.45) is 4.99 Å². The van der Waals surface area contributed by atoms with E-state index in [1.54, 1.807) is 0 Å². The van der Waals surface area contributed by atoms with E-state index in [2.05, 4.69) is 52.6 Å². The molecule has 5 heteroatoms. The molecule has 1 fully saturated rings. The van der Waals surface area contributed by atoms with Crippen LogP contribution < -0.4 is 10.6 Å². The number of rotatable bonds is 8. The highest BCUT2D eigenvalue weighted by molar-refractivity contribution is 5.79. The van der Waals surface area contributed by atoms with Gasteiger partial charge in [0.25, 0.3) is 0 Å². The standard InChI is InChI=1S/C20H34N4O/c1-17-14-18(2)16-19(15-17)6-8-23-20(21-3)22-7-4-5-9-24-10-12-25-13-11-24/h14-16H,4-13H2,1-3H3,(H2,21,22,23). The van der Waals surface area contributed by atoms with Crippen LogP contribution in [0.4, 0.5) is 0 Å². The second-order valence-corrected chi connectivity index (χ2v) is 6.83. The number of morpholine rings is 1. The number of ether oxygens (including phenoxy) is 1. The Bertz CT molecular complexity index is 518. The Morgan fingerprint density at radius 3 is 2.40 bits per heavy atom. The fourth-order valence-electron chi connectivity index (χ4n) is 3.25. The summed E-state index contributed by atoms with van der Waals surface area (Å²) >= 11 is 0. The lowest BCUT2D eigenvalue weighted by atomic mass is 10.1. The van der Waals surface area contributed by atoms with E-state index in [0.717, 1.165) is 58.2 Å². The van der Waals surface area contributed by atoms with E-state index in [0.29, 0.717) is 0 Å². The Kier molecular flexibility index (Phi) is 8.77. The normalized spacial score (nSPS) is 16.0. The van der Waals surface area contributed by atoms with Crippen LogP contribution in [0.5, 0.6) is 0 Å². The number of aryl methyl sites for hydroxylation is 2. The Morgan fingerprint density at radius 2 is 1.72 bits per heavy atom. The molecule has 0 saturated carbocycles. The van der Waals surface area contributed by atoms with Gasteiger partial charge in [-0.2, -0.15) is 0 Å². The Labute approximate surface area is 152 Å². The second kappa shape index (κ2) is 11.1.